The number of aryl methyl sites for hydroxylation is 1. The first kappa shape index (κ1) is 13.4. The molecule has 0 bridgehead atoms. The van der Waals surface area contributed by atoms with Gasteiger partial charge in [0, 0.05) is 35.6 Å². The number of benzene rings is 1. The van der Waals surface area contributed by atoms with E-state index in [4.69, 9.17) is 11.6 Å². The molecule has 2 rings (SSSR count). The Morgan fingerprint density at radius 3 is 2.83 bits per heavy atom. The van der Waals surface area contributed by atoms with Gasteiger partial charge in [0.15, 0.2) is 0 Å². The number of hydrogen-bond acceptors (Lipinski definition) is 2. The Morgan fingerprint density at radius 1 is 1.50 bits per heavy atom. The maximum Gasteiger partial charge on any atom is 0.227 e. The van der Waals surface area contributed by atoms with E-state index in [9.17, 15) is 4.79 Å². The van der Waals surface area contributed by atoms with Crippen LogP contribution in [-0.4, -0.2) is 25.5 Å². The molecule has 1 saturated heterocycles. The second-order valence-electron chi connectivity index (χ2n) is 4.96. The van der Waals surface area contributed by atoms with Crippen LogP contribution < -0.4 is 10.2 Å². The Hall–Kier alpha value is -1.06. The highest BCUT2D eigenvalue weighted by Crippen LogP contribution is 2.32. The number of carbonyl (C=O) groups excluding carboxylic acids is 1. The maximum absolute atomic E-state index is 12.1. The second-order valence-corrected chi connectivity index (χ2v) is 5.37. The van der Waals surface area contributed by atoms with Gasteiger partial charge in [-0.1, -0.05) is 17.7 Å². The van der Waals surface area contributed by atoms with E-state index in [0.717, 1.165) is 17.8 Å². The van der Waals surface area contributed by atoms with Gasteiger partial charge in [0.05, 0.1) is 0 Å². The summed E-state index contributed by atoms with van der Waals surface area (Å²) in [5.41, 5.74) is 1.94. The largest absolute Gasteiger partial charge is 0.319 e. The summed E-state index contributed by atoms with van der Waals surface area (Å²) >= 11 is 6.13. The summed E-state index contributed by atoms with van der Waals surface area (Å²) in [4.78, 5) is 14.0. The lowest BCUT2D eigenvalue weighted by atomic mass is 10.0. The summed E-state index contributed by atoms with van der Waals surface area (Å²) in [5, 5.41) is 3.86. The minimum atomic E-state index is 0.183. The number of carbonyl (C=O) groups is 1. The fraction of sp³-hybridized carbons (Fsp3) is 0.500. The highest BCUT2D eigenvalue weighted by molar-refractivity contribution is 6.31. The first-order valence-corrected chi connectivity index (χ1v) is 6.65. The third kappa shape index (κ3) is 2.38. The van der Waals surface area contributed by atoms with Crippen LogP contribution in [0.3, 0.4) is 0 Å². The molecule has 1 fully saturated rings. The zero-order valence-corrected chi connectivity index (χ0v) is 11.8. The molecule has 3 nitrogen and oxygen atoms in total. The molecule has 0 aromatic heterocycles. The van der Waals surface area contributed by atoms with Crippen LogP contribution in [0.15, 0.2) is 18.2 Å². The predicted octanol–water partition coefficient (Wildman–Crippen LogP) is 2.61. The summed E-state index contributed by atoms with van der Waals surface area (Å²) in [7, 11) is 1.92. The van der Waals surface area contributed by atoms with Crippen molar-refractivity contribution in [3.63, 3.8) is 0 Å². The number of nitrogens with one attached hydrogen (secondary N) is 1. The fourth-order valence-electron chi connectivity index (χ4n) is 2.55. The Bertz CT molecular complexity index is 461. The number of rotatable bonds is 3. The minimum Gasteiger partial charge on any atom is -0.319 e. The Kier molecular flexibility index (Phi) is 3.93. The minimum absolute atomic E-state index is 0.183. The van der Waals surface area contributed by atoms with Gasteiger partial charge in [-0.05, 0) is 38.6 Å². The lowest BCUT2D eigenvalue weighted by molar-refractivity contribution is -0.117. The molecule has 1 N–H and O–H groups in total. The first-order chi connectivity index (χ1) is 8.54. The van der Waals surface area contributed by atoms with Gasteiger partial charge < -0.3 is 10.2 Å². The van der Waals surface area contributed by atoms with Gasteiger partial charge in [-0.15, -0.1) is 0 Å². The van der Waals surface area contributed by atoms with Crippen LogP contribution in [0.4, 0.5) is 5.69 Å². The van der Waals surface area contributed by atoms with E-state index in [1.807, 2.05) is 37.1 Å². The monoisotopic (exact) mass is 266 g/mol. The van der Waals surface area contributed by atoms with Gasteiger partial charge in [0.2, 0.25) is 5.91 Å². The average Bonchev–Trinajstić information content (AvgIpc) is 2.59. The van der Waals surface area contributed by atoms with Crippen molar-refractivity contribution in [3.05, 3.63) is 28.8 Å². The molecule has 18 heavy (non-hydrogen) atoms. The van der Waals surface area contributed by atoms with Crippen molar-refractivity contribution in [2.75, 3.05) is 18.5 Å². The molecular weight excluding hydrogens is 248 g/mol. The van der Waals surface area contributed by atoms with Crippen LogP contribution in [0.5, 0.6) is 0 Å². The Labute approximate surface area is 113 Å². The molecule has 1 aromatic rings. The smallest absolute Gasteiger partial charge is 0.227 e. The Balaban J connectivity index is 2.27. The molecule has 0 saturated carbocycles. The molecule has 1 amide bonds. The predicted molar refractivity (Wildman–Crippen MR) is 75.2 cm³/mol. The first-order valence-electron chi connectivity index (χ1n) is 6.27. The van der Waals surface area contributed by atoms with Gasteiger partial charge in [0.1, 0.15) is 0 Å². The quantitative estimate of drug-likeness (QED) is 0.912. The molecule has 0 aliphatic carbocycles. The van der Waals surface area contributed by atoms with Crippen LogP contribution in [0.1, 0.15) is 18.9 Å². The van der Waals surface area contributed by atoms with Crippen molar-refractivity contribution in [1.29, 1.82) is 0 Å². The van der Waals surface area contributed by atoms with Gasteiger partial charge in [-0.2, -0.15) is 0 Å². The summed E-state index contributed by atoms with van der Waals surface area (Å²) in [6.07, 6.45) is 0.605. The molecule has 1 aliphatic rings. The molecule has 2 unspecified atom stereocenters. The van der Waals surface area contributed by atoms with Gasteiger partial charge >= 0.3 is 0 Å². The van der Waals surface area contributed by atoms with E-state index in [1.165, 1.54) is 0 Å². The van der Waals surface area contributed by atoms with E-state index in [-0.39, 0.29) is 11.9 Å². The zero-order chi connectivity index (χ0) is 13.3. The Morgan fingerprint density at radius 2 is 2.22 bits per heavy atom. The standard InChI is InChI=1S/C14H19ClN2O/c1-9-4-5-12(7-13(9)15)17-10(2)11(8-16-3)6-14(17)18/h4-5,7,10-11,16H,6,8H2,1-3H3. The SMILES string of the molecule is CNCC1CC(=O)N(c2ccc(C)c(Cl)c2)C1C. The van der Waals surface area contributed by atoms with Crippen molar-refractivity contribution in [1.82, 2.24) is 5.32 Å². The zero-order valence-electron chi connectivity index (χ0n) is 11.0. The second kappa shape index (κ2) is 5.29. The topological polar surface area (TPSA) is 32.3 Å². The van der Waals surface area contributed by atoms with E-state index >= 15 is 0 Å². The van der Waals surface area contributed by atoms with E-state index < -0.39 is 0 Å². The van der Waals surface area contributed by atoms with Gasteiger partial charge in [0.25, 0.3) is 0 Å². The normalized spacial score (nSPS) is 23.8. The molecular formula is C14H19ClN2O. The summed E-state index contributed by atoms with van der Waals surface area (Å²) in [5.74, 6) is 0.547. The summed E-state index contributed by atoms with van der Waals surface area (Å²) < 4.78 is 0. The van der Waals surface area contributed by atoms with Crippen molar-refractivity contribution in [2.24, 2.45) is 5.92 Å². The highest BCUT2D eigenvalue weighted by Gasteiger charge is 2.37. The number of nitrogens with zero attached hydrogens (tertiary/aromatic N) is 1. The number of hydrogen-bond donors (Lipinski definition) is 1. The van der Waals surface area contributed by atoms with Crippen molar-refractivity contribution in [2.45, 2.75) is 26.3 Å². The van der Waals surface area contributed by atoms with Gasteiger partial charge in [-0.3, -0.25) is 4.79 Å². The van der Waals surface area contributed by atoms with Crippen LogP contribution in [0.25, 0.3) is 0 Å². The van der Waals surface area contributed by atoms with Crippen molar-refractivity contribution < 1.29 is 4.79 Å². The maximum atomic E-state index is 12.1. The van der Waals surface area contributed by atoms with E-state index in [1.54, 1.807) is 0 Å². The number of anilines is 1. The van der Waals surface area contributed by atoms with E-state index in [2.05, 4.69) is 12.2 Å². The van der Waals surface area contributed by atoms with E-state index in [0.29, 0.717) is 17.4 Å². The van der Waals surface area contributed by atoms with Crippen molar-refractivity contribution in [3.8, 4) is 0 Å². The molecule has 0 spiro atoms. The third-order valence-electron chi connectivity index (χ3n) is 3.69. The molecule has 1 heterocycles. The molecule has 1 aromatic carbocycles. The molecule has 1 aliphatic heterocycles. The van der Waals surface area contributed by atoms with Crippen molar-refractivity contribution >= 4 is 23.2 Å². The number of halogens is 1. The summed E-state index contributed by atoms with van der Waals surface area (Å²) in [6, 6.07) is 6.02. The van der Waals surface area contributed by atoms with Crippen LogP contribution >= 0.6 is 11.6 Å². The average molecular weight is 267 g/mol. The molecule has 2 atom stereocenters. The fourth-order valence-corrected chi connectivity index (χ4v) is 2.72. The third-order valence-corrected chi connectivity index (χ3v) is 4.10. The summed E-state index contributed by atoms with van der Waals surface area (Å²) in [6.45, 7) is 4.93. The van der Waals surface area contributed by atoms with Crippen LogP contribution in [0, 0.1) is 12.8 Å². The van der Waals surface area contributed by atoms with Gasteiger partial charge in [-0.25, -0.2) is 0 Å². The lowest BCUT2D eigenvalue weighted by Gasteiger charge is -2.25. The number of amides is 1. The lowest BCUT2D eigenvalue weighted by Crippen LogP contribution is -2.35. The van der Waals surface area contributed by atoms with Crippen LogP contribution in [0.2, 0.25) is 5.02 Å². The molecule has 98 valence electrons. The molecule has 4 heteroatoms. The molecule has 0 radical (unpaired) electrons. The van der Waals surface area contributed by atoms with Crippen LogP contribution in [-0.2, 0) is 4.79 Å². The highest BCUT2D eigenvalue weighted by atomic mass is 35.5.